The van der Waals surface area contributed by atoms with Crippen LogP contribution < -0.4 is 10.3 Å². The lowest BCUT2D eigenvalue weighted by atomic mass is 10.0. The minimum Gasteiger partial charge on any atom is -0.423 e. The van der Waals surface area contributed by atoms with Crippen molar-refractivity contribution in [3.8, 4) is 0 Å². The normalized spacial score (nSPS) is 13.7. The highest BCUT2D eigenvalue weighted by Gasteiger charge is 2.34. The quantitative estimate of drug-likeness (QED) is 0.358. The second kappa shape index (κ2) is 8.57. The third-order valence-electron chi connectivity index (χ3n) is 6.10. The van der Waals surface area contributed by atoms with Crippen molar-refractivity contribution in [1.29, 1.82) is 0 Å². The van der Waals surface area contributed by atoms with E-state index in [4.69, 9.17) is 4.42 Å². The first-order valence-electron chi connectivity index (χ1n) is 11.0. The Kier molecular flexibility index (Phi) is 5.67. The predicted octanol–water partition coefficient (Wildman–Crippen LogP) is 5.69. The number of benzene rings is 3. The van der Waals surface area contributed by atoms with Crippen LogP contribution in [-0.4, -0.2) is 8.42 Å². The largest absolute Gasteiger partial charge is 0.423 e. The van der Waals surface area contributed by atoms with Gasteiger partial charge in [0.25, 0.3) is 10.0 Å². The van der Waals surface area contributed by atoms with Crippen LogP contribution in [0.1, 0.15) is 34.2 Å². The Bertz CT molecular complexity index is 1590. The van der Waals surface area contributed by atoms with Gasteiger partial charge in [-0.1, -0.05) is 24.3 Å². The third-order valence-corrected chi connectivity index (χ3v) is 7.50. The average Bonchev–Trinajstić information content (AvgIpc) is 3.26. The van der Waals surface area contributed by atoms with E-state index in [2.05, 4.69) is 4.72 Å². The van der Waals surface area contributed by atoms with E-state index in [0.717, 1.165) is 24.8 Å². The smallest absolute Gasteiger partial charge is 0.417 e. The van der Waals surface area contributed by atoms with E-state index in [0.29, 0.717) is 22.9 Å². The first-order valence-corrected chi connectivity index (χ1v) is 12.4. The molecule has 0 saturated heterocycles. The average molecular weight is 500 g/mol. The number of sulfonamides is 1. The maximum atomic E-state index is 13.4. The number of hydrogen-bond acceptors (Lipinski definition) is 4. The molecule has 0 atom stereocenters. The summed E-state index contributed by atoms with van der Waals surface area (Å²) in [5, 5.41) is -0.202. The summed E-state index contributed by atoms with van der Waals surface area (Å²) in [7, 11) is -3.79. The molecule has 35 heavy (non-hydrogen) atoms. The number of halogens is 3. The highest BCUT2D eigenvalue weighted by Crippen LogP contribution is 2.34. The van der Waals surface area contributed by atoms with Gasteiger partial charge in [-0.15, -0.1) is 0 Å². The Morgan fingerprint density at radius 1 is 0.857 bits per heavy atom. The number of rotatable bonds is 5. The van der Waals surface area contributed by atoms with Crippen LogP contribution in [0.5, 0.6) is 0 Å². The van der Waals surface area contributed by atoms with Crippen molar-refractivity contribution in [2.45, 2.75) is 36.8 Å². The Labute approximate surface area is 199 Å². The molecule has 0 aliphatic heterocycles. The lowest BCUT2D eigenvalue weighted by molar-refractivity contribution is -0.136. The zero-order valence-corrected chi connectivity index (χ0v) is 19.2. The zero-order chi connectivity index (χ0) is 24.8. The highest BCUT2D eigenvalue weighted by atomic mass is 32.2. The molecule has 180 valence electrons. The van der Waals surface area contributed by atoms with E-state index in [1.807, 2.05) is 12.1 Å². The van der Waals surface area contributed by atoms with Gasteiger partial charge in [0.1, 0.15) is 5.58 Å². The molecule has 5 rings (SSSR count). The molecular formula is C26H20F3NO4S. The predicted molar refractivity (Wildman–Crippen MR) is 126 cm³/mol. The third kappa shape index (κ3) is 4.81. The number of aryl methyl sites for hydroxylation is 2. The van der Waals surface area contributed by atoms with E-state index < -0.39 is 27.4 Å². The molecule has 0 unspecified atom stereocenters. The zero-order valence-electron chi connectivity index (χ0n) is 18.4. The fourth-order valence-electron chi connectivity index (χ4n) is 4.43. The van der Waals surface area contributed by atoms with Crippen molar-refractivity contribution in [1.82, 2.24) is 0 Å². The molecular weight excluding hydrogens is 479 g/mol. The van der Waals surface area contributed by atoms with Gasteiger partial charge in [0.05, 0.1) is 10.5 Å². The van der Waals surface area contributed by atoms with Gasteiger partial charge < -0.3 is 4.42 Å². The molecule has 1 aliphatic carbocycles. The number of fused-ring (bicyclic) bond motifs is 2. The molecule has 1 aromatic heterocycles. The minimum absolute atomic E-state index is 0.0846. The lowest BCUT2D eigenvalue weighted by Gasteiger charge is -2.11. The van der Waals surface area contributed by atoms with Crippen molar-refractivity contribution in [2.75, 3.05) is 4.72 Å². The molecule has 0 spiro atoms. The summed E-state index contributed by atoms with van der Waals surface area (Å²) in [6.45, 7) is 0. The van der Waals surface area contributed by atoms with Crippen molar-refractivity contribution in [3.05, 3.63) is 105 Å². The van der Waals surface area contributed by atoms with Crippen LogP contribution in [0.3, 0.4) is 0 Å². The van der Waals surface area contributed by atoms with Gasteiger partial charge in [-0.25, -0.2) is 13.2 Å². The minimum atomic E-state index is -4.70. The summed E-state index contributed by atoms with van der Waals surface area (Å²) in [5.41, 5.74) is 1.92. The number of anilines is 1. The number of nitrogens with one attached hydrogen (secondary N) is 1. The lowest BCUT2D eigenvalue weighted by Crippen LogP contribution is -2.13. The molecule has 0 radical (unpaired) electrons. The fraction of sp³-hybridized carbons (Fsp3) is 0.192. The molecule has 1 heterocycles. The van der Waals surface area contributed by atoms with Gasteiger partial charge in [-0.3, -0.25) is 4.72 Å². The van der Waals surface area contributed by atoms with Crippen LogP contribution in [0, 0.1) is 0 Å². The summed E-state index contributed by atoms with van der Waals surface area (Å²) in [5.74, 6) is 0. The monoisotopic (exact) mass is 499 g/mol. The first kappa shape index (κ1) is 23.2. The summed E-state index contributed by atoms with van der Waals surface area (Å²) in [6.07, 6.45) is -1.42. The molecule has 4 aromatic rings. The van der Waals surface area contributed by atoms with Crippen LogP contribution in [0.15, 0.2) is 80.8 Å². The van der Waals surface area contributed by atoms with Crippen LogP contribution in [0.25, 0.3) is 11.0 Å². The molecule has 0 fully saturated rings. The number of hydrogen-bond donors (Lipinski definition) is 1. The Hall–Kier alpha value is -3.59. The topological polar surface area (TPSA) is 76.4 Å². The van der Waals surface area contributed by atoms with Gasteiger partial charge in [-0.05, 0) is 84.3 Å². The van der Waals surface area contributed by atoms with Gasteiger partial charge in [0.15, 0.2) is 0 Å². The second-order valence-corrected chi connectivity index (χ2v) is 10.3. The van der Waals surface area contributed by atoms with E-state index in [1.54, 1.807) is 24.3 Å². The van der Waals surface area contributed by atoms with Crippen molar-refractivity contribution >= 4 is 26.7 Å². The molecule has 1 aliphatic rings. The number of alkyl halides is 3. The van der Waals surface area contributed by atoms with Crippen LogP contribution in [0.2, 0.25) is 0 Å². The van der Waals surface area contributed by atoms with Crippen molar-refractivity contribution in [3.63, 3.8) is 0 Å². The van der Waals surface area contributed by atoms with Crippen molar-refractivity contribution < 1.29 is 26.0 Å². The summed E-state index contributed by atoms with van der Waals surface area (Å²) >= 11 is 0. The Morgan fingerprint density at radius 2 is 1.57 bits per heavy atom. The van der Waals surface area contributed by atoms with Gasteiger partial charge in [-0.2, -0.15) is 13.2 Å². The van der Waals surface area contributed by atoms with E-state index in [9.17, 15) is 26.4 Å². The molecule has 0 bridgehead atoms. The highest BCUT2D eigenvalue weighted by molar-refractivity contribution is 7.92. The summed E-state index contributed by atoms with van der Waals surface area (Å²) < 4.78 is 73.3. The molecule has 0 amide bonds. The van der Waals surface area contributed by atoms with Gasteiger partial charge in [0, 0.05) is 17.1 Å². The van der Waals surface area contributed by atoms with Crippen LogP contribution in [-0.2, 0) is 35.5 Å². The van der Waals surface area contributed by atoms with Gasteiger partial charge in [0.2, 0.25) is 0 Å². The molecule has 3 aromatic carbocycles. The SMILES string of the molecule is O=c1cc(C(F)(F)F)c2cc(Cc3ccc(S(=O)(=O)Nc4ccc5c(c4)CCC5)cc3)ccc2o1. The maximum Gasteiger partial charge on any atom is 0.417 e. The Morgan fingerprint density at radius 3 is 2.31 bits per heavy atom. The maximum absolute atomic E-state index is 13.4. The van der Waals surface area contributed by atoms with E-state index in [1.165, 1.54) is 29.8 Å². The van der Waals surface area contributed by atoms with Crippen LogP contribution >= 0.6 is 0 Å². The van der Waals surface area contributed by atoms with Gasteiger partial charge >= 0.3 is 11.8 Å². The molecule has 0 saturated carbocycles. The van der Waals surface area contributed by atoms with Crippen molar-refractivity contribution in [2.24, 2.45) is 0 Å². The molecule has 5 nitrogen and oxygen atoms in total. The van der Waals surface area contributed by atoms with E-state index in [-0.39, 0.29) is 22.3 Å². The standard InChI is InChI=1S/C26H20F3NO4S/c27-26(28,29)23-15-25(31)34-24-11-6-17(13-22(23)24)12-16-4-9-21(10-5-16)35(32,33)30-20-8-7-18-2-1-3-19(18)14-20/h4-11,13-15,30H,1-3,12H2. The van der Waals surface area contributed by atoms with E-state index >= 15 is 0 Å². The first-order chi connectivity index (χ1) is 16.6. The summed E-state index contributed by atoms with van der Waals surface area (Å²) in [4.78, 5) is 11.6. The molecule has 1 N–H and O–H groups in total. The Balaban J connectivity index is 1.37. The summed E-state index contributed by atoms with van der Waals surface area (Å²) in [6, 6.07) is 16.4. The van der Waals surface area contributed by atoms with Crippen LogP contribution in [0.4, 0.5) is 18.9 Å². The second-order valence-electron chi connectivity index (χ2n) is 8.57. The molecule has 9 heteroatoms. The fourth-order valence-corrected chi connectivity index (χ4v) is 5.48.